The molecule has 0 saturated carbocycles. The molecule has 0 aliphatic carbocycles. The van der Waals surface area contributed by atoms with Crippen LogP contribution in [0.1, 0.15) is 25.6 Å². The molecular weight excluding hydrogens is 386 g/mol. The average Bonchev–Trinajstić information content (AvgIpc) is 3.22. The molecule has 0 bridgehead atoms. The summed E-state index contributed by atoms with van der Waals surface area (Å²) in [7, 11) is 0. The van der Waals surface area contributed by atoms with Gasteiger partial charge in [0, 0.05) is 23.4 Å². The van der Waals surface area contributed by atoms with E-state index >= 15 is 0 Å². The Labute approximate surface area is 164 Å². The molecule has 0 spiro atoms. The molecule has 0 fully saturated rings. The van der Waals surface area contributed by atoms with E-state index in [-0.39, 0.29) is 24.1 Å². The van der Waals surface area contributed by atoms with Crippen LogP contribution in [0.5, 0.6) is 5.75 Å². The van der Waals surface area contributed by atoms with E-state index in [9.17, 15) is 18.4 Å². The molecule has 0 atom stereocenters. The maximum atomic E-state index is 12.4. The molecule has 0 saturated heterocycles. The van der Waals surface area contributed by atoms with Crippen LogP contribution in [0.2, 0.25) is 0 Å². The van der Waals surface area contributed by atoms with Crippen LogP contribution >= 0.6 is 11.3 Å². The maximum Gasteiger partial charge on any atom is 0.387 e. The summed E-state index contributed by atoms with van der Waals surface area (Å²) in [5, 5.41) is 7.22. The third-order valence-electron chi connectivity index (χ3n) is 3.78. The molecule has 0 unspecified atom stereocenters. The highest BCUT2D eigenvalue weighted by molar-refractivity contribution is 7.12. The molecular formula is C20H16F2N2O3S. The minimum Gasteiger partial charge on any atom is -0.434 e. The van der Waals surface area contributed by atoms with Gasteiger partial charge in [-0.15, -0.1) is 11.3 Å². The van der Waals surface area contributed by atoms with E-state index in [1.807, 2.05) is 5.38 Å². The zero-order valence-corrected chi connectivity index (χ0v) is 15.3. The van der Waals surface area contributed by atoms with Crippen LogP contribution in [0.15, 0.2) is 66.0 Å². The van der Waals surface area contributed by atoms with Gasteiger partial charge in [0.15, 0.2) is 0 Å². The van der Waals surface area contributed by atoms with Crippen LogP contribution in [-0.2, 0) is 6.54 Å². The Morgan fingerprint density at radius 3 is 2.39 bits per heavy atom. The van der Waals surface area contributed by atoms with Gasteiger partial charge in [-0.25, -0.2) is 0 Å². The summed E-state index contributed by atoms with van der Waals surface area (Å²) < 4.78 is 29.3. The number of halogens is 2. The van der Waals surface area contributed by atoms with E-state index in [0.29, 0.717) is 21.7 Å². The fourth-order valence-electron chi connectivity index (χ4n) is 2.44. The number of anilines is 1. The molecule has 0 aliphatic rings. The number of amides is 2. The molecule has 1 heterocycles. The number of carbonyl (C=O) groups is 2. The lowest BCUT2D eigenvalue weighted by molar-refractivity contribution is -0.0504. The second-order valence-corrected chi connectivity index (χ2v) is 6.63. The molecule has 1 aromatic heterocycles. The molecule has 5 nitrogen and oxygen atoms in total. The third-order valence-corrected chi connectivity index (χ3v) is 4.65. The van der Waals surface area contributed by atoms with Gasteiger partial charge in [0.05, 0.1) is 4.88 Å². The molecule has 0 radical (unpaired) electrons. The number of hydrogen-bond acceptors (Lipinski definition) is 4. The quantitative estimate of drug-likeness (QED) is 0.610. The minimum atomic E-state index is -2.94. The standard InChI is InChI=1S/C20H16F2N2O3S/c21-20(22)27-16-5-2-1-4-14(16)12-23-18(25)13-7-9-15(10-8-13)24-19(26)17-6-3-11-28-17/h1-11,20H,12H2,(H,23,25)(H,24,26). The normalized spacial score (nSPS) is 10.5. The van der Waals surface area contributed by atoms with E-state index < -0.39 is 6.61 Å². The smallest absolute Gasteiger partial charge is 0.387 e. The van der Waals surface area contributed by atoms with Crippen LogP contribution in [0, 0.1) is 0 Å². The summed E-state index contributed by atoms with van der Waals surface area (Å²) in [6.45, 7) is -2.90. The number of carbonyl (C=O) groups excluding carboxylic acids is 2. The monoisotopic (exact) mass is 402 g/mol. The van der Waals surface area contributed by atoms with Crippen LogP contribution in [-0.4, -0.2) is 18.4 Å². The van der Waals surface area contributed by atoms with E-state index in [1.54, 1.807) is 54.6 Å². The number of hydrogen-bond donors (Lipinski definition) is 2. The summed E-state index contributed by atoms with van der Waals surface area (Å²) in [6.07, 6.45) is 0. The number of alkyl halides is 2. The highest BCUT2D eigenvalue weighted by Crippen LogP contribution is 2.20. The van der Waals surface area contributed by atoms with Gasteiger partial charge in [0.2, 0.25) is 0 Å². The van der Waals surface area contributed by atoms with E-state index in [1.165, 1.54) is 17.4 Å². The number of nitrogens with one attached hydrogen (secondary N) is 2. The second kappa shape index (κ2) is 9.09. The van der Waals surface area contributed by atoms with Gasteiger partial charge < -0.3 is 15.4 Å². The Morgan fingerprint density at radius 2 is 1.71 bits per heavy atom. The Morgan fingerprint density at radius 1 is 0.964 bits per heavy atom. The van der Waals surface area contributed by atoms with Crippen LogP contribution in [0.3, 0.4) is 0 Å². The molecule has 144 valence electrons. The first kappa shape index (κ1) is 19.5. The lowest BCUT2D eigenvalue weighted by Gasteiger charge is -2.11. The van der Waals surface area contributed by atoms with Gasteiger partial charge in [-0.2, -0.15) is 8.78 Å². The molecule has 3 rings (SSSR count). The van der Waals surface area contributed by atoms with Crippen LogP contribution in [0.4, 0.5) is 14.5 Å². The summed E-state index contributed by atoms with van der Waals surface area (Å²) in [5.74, 6) is -0.574. The molecule has 2 amide bonds. The fraction of sp³-hybridized carbons (Fsp3) is 0.100. The summed E-state index contributed by atoms with van der Waals surface area (Å²) in [4.78, 5) is 24.9. The predicted octanol–water partition coefficient (Wildman–Crippen LogP) is 4.53. The van der Waals surface area contributed by atoms with Crippen molar-refractivity contribution in [1.29, 1.82) is 0 Å². The summed E-state index contributed by atoms with van der Waals surface area (Å²) in [5.41, 5.74) is 1.38. The highest BCUT2D eigenvalue weighted by Gasteiger charge is 2.12. The van der Waals surface area contributed by atoms with Crippen molar-refractivity contribution in [2.45, 2.75) is 13.2 Å². The summed E-state index contributed by atoms with van der Waals surface area (Å²) >= 11 is 1.33. The van der Waals surface area contributed by atoms with Gasteiger partial charge in [-0.1, -0.05) is 24.3 Å². The van der Waals surface area contributed by atoms with Crippen molar-refractivity contribution in [2.24, 2.45) is 0 Å². The van der Waals surface area contributed by atoms with Gasteiger partial charge in [-0.3, -0.25) is 9.59 Å². The Balaban J connectivity index is 1.59. The molecule has 3 aromatic rings. The Kier molecular flexibility index (Phi) is 6.33. The number of rotatable bonds is 7. The topological polar surface area (TPSA) is 67.4 Å². The molecule has 2 N–H and O–H groups in total. The van der Waals surface area contributed by atoms with Gasteiger partial charge in [0.1, 0.15) is 5.75 Å². The fourth-order valence-corrected chi connectivity index (χ4v) is 3.06. The van der Waals surface area contributed by atoms with Crippen molar-refractivity contribution in [2.75, 3.05) is 5.32 Å². The number of benzene rings is 2. The SMILES string of the molecule is O=C(NCc1ccccc1OC(F)F)c1ccc(NC(=O)c2cccs2)cc1. The predicted molar refractivity (Wildman–Crippen MR) is 103 cm³/mol. The number of thiophene rings is 1. The van der Waals surface area contributed by atoms with E-state index in [0.717, 1.165) is 0 Å². The van der Waals surface area contributed by atoms with Crippen molar-refractivity contribution in [1.82, 2.24) is 5.32 Å². The van der Waals surface area contributed by atoms with Gasteiger partial charge >= 0.3 is 6.61 Å². The van der Waals surface area contributed by atoms with Crippen molar-refractivity contribution in [3.8, 4) is 5.75 Å². The van der Waals surface area contributed by atoms with Crippen molar-refractivity contribution in [3.05, 3.63) is 82.0 Å². The first-order chi connectivity index (χ1) is 13.5. The van der Waals surface area contributed by atoms with Gasteiger partial charge in [-0.05, 0) is 41.8 Å². The zero-order valence-electron chi connectivity index (χ0n) is 14.5. The van der Waals surface area contributed by atoms with E-state index in [2.05, 4.69) is 15.4 Å². The van der Waals surface area contributed by atoms with Crippen molar-refractivity contribution in [3.63, 3.8) is 0 Å². The molecule has 8 heteroatoms. The van der Waals surface area contributed by atoms with Crippen LogP contribution < -0.4 is 15.4 Å². The van der Waals surface area contributed by atoms with Crippen LogP contribution in [0.25, 0.3) is 0 Å². The van der Waals surface area contributed by atoms with Gasteiger partial charge in [0.25, 0.3) is 11.8 Å². The molecule has 28 heavy (non-hydrogen) atoms. The van der Waals surface area contributed by atoms with Crippen molar-refractivity contribution >= 4 is 28.8 Å². The largest absolute Gasteiger partial charge is 0.434 e. The second-order valence-electron chi connectivity index (χ2n) is 5.68. The third kappa shape index (κ3) is 5.14. The molecule has 2 aromatic carbocycles. The lowest BCUT2D eigenvalue weighted by Crippen LogP contribution is -2.23. The molecule has 0 aliphatic heterocycles. The zero-order chi connectivity index (χ0) is 19.9. The Hall–Kier alpha value is -3.26. The Bertz CT molecular complexity index is 944. The summed E-state index contributed by atoms with van der Waals surface area (Å²) in [6, 6.07) is 16.1. The number of ether oxygens (including phenoxy) is 1. The lowest BCUT2D eigenvalue weighted by atomic mass is 10.1. The maximum absolute atomic E-state index is 12.4. The van der Waals surface area contributed by atoms with E-state index in [4.69, 9.17) is 0 Å². The average molecular weight is 402 g/mol. The van der Waals surface area contributed by atoms with Crippen molar-refractivity contribution < 1.29 is 23.1 Å². The highest BCUT2D eigenvalue weighted by atomic mass is 32.1. The number of para-hydroxylation sites is 1. The minimum absolute atomic E-state index is 0.0180. The first-order valence-corrected chi connectivity index (χ1v) is 9.17. The first-order valence-electron chi connectivity index (χ1n) is 8.29.